The number of hydrogen-bond acceptors (Lipinski definition) is 0. The van der Waals surface area contributed by atoms with Gasteiger partial charge in [0.1, 0.15) is 0 Å². The predicted molar refractivity (Wildman–Crippen MR) is 134 cm³/mol. The Bertz CT molecular complexity index is 1200. The van der Waals surface area contributed by atoms with E-state index in [1.165, 1.54) is 58.2 Å². The number of rotatable bonds is 2. The SMILES string of the molecule is CC1=C(C2C=Cc3c2cc2c(c3-c3ccccc3)CCC2)c2ccccc2C1C.[SiH4]. The van der Waals surface area contributed by atoms with Crippen LogP contribution in [0.25, 0.3) is 22.8 Å². The molecular weight excluding hydrogens is 376 g/mol. The summed E-state index contributed by atoms with van der Waals surface area (Å²) in [6, 6.07) is 22.6. The van der Waals surface area contributed by atoms with Crippen LogP contribution in [0, 0.1) is 0 Å². The lowest BCUT2D eigenvalue weighted by atomic mass is 9.83. The molecule has 0 saturated heterocycles. The summed E-state index contributed by atoms with van der Waals surface area (Å²) in [7, 11) is 0. The molecule has 3 aliphatic carbocycles. The monoisotopic (exact) mass is 406 g/mol. The van der Waals surface area contributed by atoms with E-state index >= 15 is 0 Å². The summed E-state index contributed by atoms with van der Waals surface area (Å²) in [6.07, 6.45) is 8.59. The molecule has 6 rings (SSSR count). The normalized spacial score (nSPS) is 20.7. The molecule has 3 aliphatic rings. The van der Waals surface area contributed by atoms with Crippen molar-refractivity contribution in [3.63, 3.8) is 0 Å². The fourth-order valence-electron chi connectivity index (χ4n) is 5.92. The Balaban J connectivity index is 0.00000193. The van der Waals surface area contributed by atoms with E-state index in [-0.39, 0.29) is 11.0 Å². The van der Waals surface area contributed by atoms with Crippen LogP contribution in [0.3, 0.4) is 0 Å². The summed E-state index contributed by atoms with van der Waals surface area (Å²) in [5.41, 5.74) is 15.0. The molecule has 1 heteroatoms. The van der Waals surface area contributed by atoms with Gasteiger partial charge in [-0.3, -0.25) is 0 Å². The minimum Gasteiger partial charge on any atom is -0.0720 e. The quantitative estimate of drug-likeness (QED) is 0.452. The maximum absolute atomic E-state index is 2.54. The van der Waals surface area contributed by atoms with Gasteiger partial charge in [-0.15, -0.1) is 0 Å². The van der Waals surface area contributed by atoms with E-state index in [2.05, 4.69) is 86.7 Å². The Morgan fingerprint density at radius 2 is 1.63 bits per heavy atom. The summed E-state index contributed by atoms with van der Waals surface area (Å²) in [5.74, 6) is 0.895. The Labute approximate surface area is 184 Å². The third kappa shape index (κ3) is 2.65. The van der Waals surface area contributed by atoms with Crippen LogP contribution in [-0.2, 0) is 12.8 Å². The summed E-state index contributed by atoms with van der Waals surface area (Å²) >= 11 is 0. The summed E-state index contributed by atoms with van der Waals surface area (Å²) in [6.45, 7) is 4.70. The lowest BCUT2D eigenvalue weighted by Gasteiger charge is -2.20. The molecule has 0 aromatic heterocycles. The lowest BCUT2D eigenvalue weighted by Crippen LogP contribution is -2.02. The third-order valence-corrected chi connectivity index (χ3v) is 7.43. The molecule has 3 aromatic carbocycles. The van der Waals surface area contributed by atoms with Crippen molar-refractivity contribution in [1.29, 1.82) is 0 Å². The largest absolute Gasteiger partial charge is 0.0720 e. The molecule has 0 bridgehead atoms. The van der Waals surface area contributed by atoms with Crippen molar-refractivity contribution < 1.29 is 0 Å². The lowest BCUT2D eigenvalue weighted by molar-refractivity contribution is 0.911. The number of aryl methyl sites for hydroxylation is 1. The Hall–Kier alpha value is -2.64. The molecule has 0 N–H and O–H groups in total. The summed E-state index contributed by atoms with van der Waals surface area (Å²) in [5, 5.41) is 0. The molecular formula is C29H30Si. The van der Waals surface area contributed by atoms with Crippen molar-refractivity contribution >= 4 is 22.6 Å². The van der Waals surface area contributed by atoms with E-state index in [9.17, 15) is 0 Å². The van der Waals surface area contributed by atoms with Crippen molar-refractivity contribution in [3.8, 4) is 11.1 Å². The molecule has 0 radical (unpaired) electrons. The Kier molecular flexibility index (Phi) is 4.67. The van der Waals surface area contributed by atoms with Gasteiger partial charge in [0, 0.05) is 11.8 Å². The van der Waals surface area contributed by atoms with Crippen LogP contribution in [0.15, 0.2) is 72.3 Å². The average Bonchev–Trinajstić information content (AvgIpc) is 3.45. The first-order chi connectivity index (χ1) is 14.2. The summed E-state index contributed by atoms with van der Waals surface area (Å²) in [4.78, 5) is 0. The van der Waals surface area contributed by atoms with E-state index in [1.807, 2.05) is 0 Å². The molecule has 30 heavy (non-hydrogen) atoms. The van der Waals surface area contributed by atoms with Crippen LogP contribution < -0.4 is 0 Å². The highest BCUT2D eigenvalue weighted by atomic mass is 28.1. The van der Waals surface area contributed by atoms with Gasteiger partial charge >= 0.3 is 0 Å². The maximum Gasteiger partial charge on any atom is 0.0284 e. The van der Waals surface area contributed by atoms with Crippen LogP contribution in [0.5, 0.6) is 0 Å². The van der Waals surface area contributed by atoms with E-state index in [4.69, 9.17) is 0 Å². The van der Waals surface area contributed by atoms with Gasteiger partial charge in [0.05, 0.1) is 0 Å². The number of benzene rings is 3. The van der Waals surface area contributed by atoms with E-state index in [0.717, 1.165) is 0 Å². The van der Waals surface area contributed by atoms with Gasteiger partial charge in [-0.1, -0.05) is 85.3 Å². The van der Waals surface area contributed by atoms with Crippen LogP contribution in [-0.4, -0.2) is 11.0 Å². The molecule has 0 fully saturated rings. The highest BCUT2D eigenvalue weighted by Crippen LogP contribution is 2.53. The van der Waals surface area contributed by atoms with Crippen molar-refractivity contribution in [2.75, 3.05) is 0 Å². The second-order valence-corrected chi connectivity index (χ2v) is 8.85. The predicted octanol–water partition coefficient (Wildman–Crippen LogP) is 6.09. The van der Waals surface area contributed by atoms with Crippen molar-refractivity contribution in [1.82, 2.24) is 0 Å². The topological polar surface area (TPSA) is 0 Å². The Morgan fingerprint density at radius 3 is 2.47 bits per heavy atom. The zero-order valence-electron chi connectivity index (χ0n) is 17.2. The Morgan fingerprint density at radius 1 is 0.867 bits per heavy atom. The first-order valence-corrected chi connectivity index (χ1v) is 11.0. The molecule has 150 valence electrons. The van der Waals surface area contributed by atoms with Gasteiger partial charge in [0.25, 0.3) is 0 Å². The standard InChI is InChI=1S/C29H26.H4Si/c1-18-19(2)28(24-13-7-6-12-22(18)24)25-15-16-26-27(25)17-21-11-8-14-23(21)29(26)20-9-4-3-5-10-20;/h3-7,9-10,12-13,15-18,25H,8,11,14H2,1-2H3;1H4. The zero-order valence-corrected chi connectivity index (χ0v) is 17.2. The second-order valence-electron chi connectivity index (χ2n) is 8.85. The van der Waals surface area contributed by atoms with Crippen LogP contribution in [0.2, 0.25) is 0 Å². The second kappa shape index (κ2) is 7.25. The maximum atomic E-state index is 2.54. The average molecular weight is 407 g/mol. The first-order valence-electron chi connectivity index (χ1n) is 11.0. The van der Waals surface area contributed by atoms with E-state index in [0.29, 0.717) is 11.8 Å². The first kappa shape index (κ1) is 19.3. The molecule has 0 heterocycles. The van der Waals surface area contributed by atoms with Gasteiger partial charge in [-0.25, -0.2) is 0 Å². The fraction of sp³-hybridized carbons (Fsp3) is 0.241. The highest BCUT2D eigenvalue weighted by Gasteiger charge is 2.34. The zero-order chi connectivity index (χ0) is 19.5. The van der Waals surface area contributed by atoms with Gasteiger partial charge in [-0.05, 0) is 87.2 Å². The van der Waals surface area contributed by atoms with Crippen molar-refractivity contribution in [3.05, 3.63) is 106 Å². The molecule has 2 unspecified atom stereocenters. The van der Waals surface area contributed by atoms with Crippen molar-refractivity contribution in [2.45, 2.75) is 44.9 Å². The van der Waals surface area contributed by atoms with Crippen LogP contribution in [0.4, 0.5) is 0 Å². The van der Waals surface area contributed by atoms with Gasteiger partial charge in [0.15, 0.2) is 0 Å². The minimum atomic E-state index is 0. The van der Waals surface area contributed by atoms with E-state index in [1.54, 1.807) is 16.7 Å². The molecule has 0 nitrogen and oxygen atoms in total. The fourth-order valence-corrected chi connectivity index (χ4v) is 5.92. The molecule has 0 amide bonds. The third-order valence-electron chi connectivity index (χ3n) is 7.43. The van der Waals surface area contributed by atoms with Crippen molar-refractivity contribution in [2.24, 2.45) is 0 Å². The number of hydrogen-bond donors (Lipinski definition) is 0. The van der Waals surface area contributed by atoms with Gasteiger partial charge in [-0.2, -0.15) is 0 Å². The smallest absolute Gasteiger partial charge is 0.0284 e. The highest BCUT2D eigenvalue weighted by molar-refractivity contribution is 5.91. The van der Waals surface area contributed by atoms with Crippen LogP contribution >= 0.6 is 0 Å². The van der Waals surface area contributed by atoms with E-state index < -0.39 is 0 Å². The minimum absolute atomic E-state index is 0. The molecule has 2 atom stereocenters. The molecule has 0 aliphatic heterocycles. The molecule has 0 spiro atoms. The van der Waals surface area contributed by atoms with Crippen LogP contribution in [0.1, 0.15) is 65.5 Å². The molecule has 0 saturated carbocycles. The summed E-state index contributed by atoms with van der Waals surface area (Å²) < 4.78 is 0. The number of allylic oxidation sites excluding steroid dienone is 3. The molecule has 3 aromatic rings. The number of fused-ring (bicyclic) bond motifs is 3. The van der Waals surface area contributed by atoms with Gasteiger partial charge < -0.3 is 0 Å². The van der Waals surface area contributed by atoms with Gasteiger partial charge in [0.2, 0.25) is 0 Å².